The van der Waals surface area contributed by atoms with Crippen molar-refractivity contribution in [2.75, 3.05) is 11.6 Å². The molecule has 134 valence electrons. The van der Waals surface area contributed by atoms with Crippen LogP contribution in [0.4, 0.5) is 5.69 Å². The summed E-state index contributed by atoms with van der Waals surface area (Å²) in [5, 5.41) is 2.82. The number of carbonyl (C=O) groups excluding carboxylic acids is 1. The number of hydrogen-bond donors (Lipinski definition) is 2. The lowest BCUT2D eigenvalue weighted by atomic mass is 10.2. The maximum absolute atomic E-state index is 12.3. The molecule has 5 nitrogen and oxygen atoms in total. The average Bonchev–Trinajstić information content (AvgIpc) is 2.61. The van der Waals surface area contributed by atoms with Crippen LogP contribution in [0.1, 0.15) is 30.6 Å². The number of amides is 1. The zero-order valence-electron chi connectivity index (χ0n) is 14.4. The first-order chi connectivity index (χ1) is 11.9. The van der Waals surface area contributed by atoms with Gasteiger partial charge < -0.3 is 5.32 Å². The van der Waals surface area contributed by atoms with Crippen molar-refractivity contribution in [3.63, 3.8) is 0 Å². The fourth-order valence-corrected chi connectivity index (χ4v) is 3.89. The monoisotopic (exact) mass is 378 g/mol. The lowest BCUT2D eigenvalue weighted by Gasteiger charge is -2.12. The van der Waals surface area contributed by atoms with Crippen LogP contribution in [0.15, 0.2) is 58.3 Å². The second-order valence-electron chi connectivity index (χ2n) is 5.64. The summed E-state index contributed by atoms with van der Waals surface area (Å²) in [4.78, 5) is 13.5. The number of benzene rings is 2. The molecule has 0 fully saturated rings. The van der Waals surface area contributed by atoms with Gasteiger partial charge in [-0.05, 0) is 62.1 Å². The Kier molecular flexibility index (Phi) is 6.64. The number of carbonyl (C=O) groups is 1. The molecule has 1 unspecified atom stereocenters. The van der Waals surface area contributed by atoms with Crippen molar-refractivity contribution >= 4 is 33.4 Å². The van der Waals surface area contributed by atoms with E-state index in [1.54, 1.807) is 11.8 Å². The molecule has 7 heteroatoms. The number of sulfonamides is 1. The highest BCUT2D eigenvalue weighted by Crippen LogP contribution is 2.20. The number of thioether (sulfide) groups is 1. The highest BCUT2D eigenvalue weighted by Gasteiger charge is 2.17. The third-order valence-electron chi connectivity index (χ3n) is 3.72. The molecule has 0 saturated heterocycles. The predicted octanol–water partition coefficient (Wildman–Crippen LogP) is 3.74. The highest BCUT2D eigenvalue weighted by atomic mass is 32.2. The molecule has 1 atom stereocenters. The summed E-state index contributed by atoms with van der Waals surface area (Å²) in [6, 6.07) is 13.3. The molecule has 2 N–H and O–H groups in total. The maximum atomic E-state index is 12.3. The Balaban J connectivity index is 2.12. The van der Waals surface area contributed by atoms with Gasteiger partial charge in [-0.2, -0.15) is 0 Å². The van der Waals surface area contributed by atoms with Gasteiger partial charge in [0.1, 0.15) is 0 Å². The van der Waals surface area contributed by atoms with Gasteiger partial charge in [-0.3, -0.25) is 4.79 Å². The zero-order chi connectivity index (χ0) is 18.4. The molecular formula is C18H22N2O3S2. The molecule has 2 aromatic rings. The van der Waals surface area contributed by atoms with Crippen LogP contribution in [-0.2, 0) is 10.0 Å². The fourth-order valence-electron chi connectivity index (χ4n) is 2.11. The van der Waals surface area contributed by atoms with E-state index in [2.05, 4.69) is 10.0 Å². The van der Waals surface area contributed by atoms with Gasteiger partial charge in [0.25, 0.3) is 5.91 Å². The van der Waals surface area contributed by atoms with Crippen LogP contribution in [0.25, 0.3) is 0 Å². The third-order valence-corrected chi connectivity index (χ3v) is 6.05. The first-order valence-electron chi connectivity index (χ1n) is 7.93. The standard InChI is InChI=1S/C18H22N2O3S2/c1-4-13(2)20-25(22,23)17-10-8-14(9-11-17)18(21)19-15-6-5-7-16(12-15)24-3/h5-13,20H,4H2,1-3H3,(H,19,21). The minimum absolute atomic E-state index is 0.142. The topological polar surface area (TPSA) is 75.3 Å². The SMILES string of the molecule is CCC(C)NS(=O)(=O)c1ccc(C(=O)Nc2cccc(SC)c2)cc1. The highest BCUT2D eigenvalue weighted by molar-refractivity contribution is 7.98. The van der Waals surface area contributed by atoms with Crippen molar-refractivity contribution < 1.29 is 13.2 Å². The molecule has 0 bridgehead atoms. The minimum atomic E-state index is -3.57. The number of nitrogens with one attached hydrogen (secondary N) is 2. The van der Waals surface area contributed by atoms with Gasteiger partial charge in [0, 0.05) is 22.2 Å². The van der Waals surface area contributed by atoms with E-state index in [9.17, 15) is 13.2 Å². The van der Waals surface area contributed by atoms with Crippen LogP contribution >= 0.6 is 11.8 Å². The van der Waals surface area contributed by atoms with E-state index in [0.29, 0.717) is 17.7 Å². The van der Waals surface area contributed by atoms with E-state index >= 15 is 0 Å². The fraction of sp³-hybridized carbons (Fsp3) is 0.278. The molecule has 2 rings (SSSR count). The number of rotatable bonds is 7. The Labute approximate surface area is 153 Å². The summed E-state index contributed by atoms with van der Waals surface area (Å²) in [6.07, 6.45) is 2.67. The number of hydrogen-bond acceptors (Lipinski definition) is 4. The average molecular weight is 379 g/mol. The smallest absolute Gasteiger partial charge is 0.255 e. The Morgan fingerprint density at radius 2 is 1.84 bits per heavy atom. The van der Waals surface area contributed by atoms with E-state index < -0.39 is 10.0 Å². The summed E-state index contributed by atoms with van der Waals surface area (Å²) in [7, 11) is -3.57. The van der Waals surface area contributed by atoms with E-state index in [-0.39, 0.29) is 16.8 Å². The van der Waals surface area contributed by atoms with E-state index in [1.807, 2.05) is 44.4 Å². The van der Waals surface area contributed by atoms with Gasteiger partial charge in [0.15, 0.2) is 0 Å². The predicted molar refractivity (Wildman–Crippen MR) is 103 cm³/mol. The molecule has 0 heterocycles. The van der Waals surface area contributed by atoms with Crippen LogP contribution < -0.4 is 10.0 Å². The quantitative estimate of drug-likeness (QED) is 0.720. The van der Waals surface area contributed by atoms with Crippen molar-refractivity contribution in [2.45, 2.75) is 36.1 Å². The van der Waals surface area contributed by atoms with Gasteiger partial charge >= 0.3 is 0 Å². The molecule has 0 aromatic heterocycles. The molecule has 1 amide bonds. The molecule has 0 radical (unpaired) electrons. The minimum Gasteiger partial charge on any atom is -0.322 e. The van der Waals surface area contributed by atoms with Crippen LogP contribution in [0.5, 0.6) is 0 Å². The summed E-state index contributed by atoms with van der Waals surface area (Å²) >= 11 is 1.59. The Morgan fingerprint density at radius 1 is 1.16 bits per heavy atom. The lowest BCUT2D eigenvalue weighted by molar-refractivity contribution is 0.102. The summed E-state index contributed by atoms with van der Waals surface area (Å²) in [6.45, 7) is 3.72. The van der Waals surface area contributed by atoms with Crippen molar-refractivity contribution in [2.24, 2.45) is 0 Å². The van der Waals surface area contributed by atoms with Crippen LogP contribution in [0.3, 0.4) is 0 Å². The van der Waals surface area contributed by atoms with Crippen LogP contribution in [0.2, 0.25) is 0 Å². The van der Waals surface area contributed by atoms with Crippen molar-refractivity contribution in [3.8, 4) is 0 Å². The third kappa shape index (κ3) is 5.32. The molecular weight excluding hydrogens is 356 g/mol. The molecule has 2 aromatic carbocycles. The molecule has 0 saturated carbocycles. The van der Waals surface area contributed by atoms with E-state index in [1.165, 1.54) is 24.3 Å². The Hall–Kier alpha value is -1.83. The second-order valence-corrected chi connectivity index (χ2v) is 8.23. The Bertz CT molecular complexity index is 834. The summed E-state index contributed by atoms with van der Waals surface area (Å²) in [5.41, 5.74) is 1.10. The van der Waals surface area contributed by atoms with Crippen molar-refractivity contribution in [1.82, 2.24) is 4.72 Å². The molecule has 0 aliphatic heterocycles. The van der Waals surface area contributed by atoms with Crippen LogP contribution in [0, 0.1) is 0 Å². The lowest BCUT2D eigenvalue weighted by Crippen LogP contribution is -2.32. The molecule has 0 aliphatic rings. The summed E-state index contributed by atoms with van der Waals surface area (Å²) in [5.74, 6) is -0.280. The maximum Gasteiger partial charge on any atom is 0.255 e. The second kappa shape index (κ2) is 8.51. The van der Waals surface area contributed by atoms with Gasteiger partial charge in [-0.1, -0.05) is 13.0 Å². The number of anilines is 1. The van der Waals surface area contributed by atoms with Gasteiger partial charge in [0.2, 0.25) is 10.0 Å². The normalized spacial score (nSPS) is 12.6. The van der Waals surface area contributed by atoms with Crippen molar-refractivity contribution in [1.29, 1.82) is 0 Å². The molecule has 0 aliphatic carbocycles. The van der Waals surface area contributed by atoms with E-state index in [4.69, 9.17) is 0 Å². The molecule has 25 heavy (non-hydrogen) atoms. The van der Waals surface area contributed by atoms with Crippen LogP contribution in [-0.4, -0.2) is 26.6 Å². The first-order valence-corrected chi connectivity index (χ1v) is 10.6. The summed E-state index contributed by atoms with van der Waals surface area (Å²) < 4.78 is 27.1. The van der Waals surface area contributed by atoms with Gasteiger partial charge in [-0.25, -0.2) is 13.1 Å². The van der Waals surface area contributed by atoms with Gasteiger partial charge in [-0.15, -0.1) is 11.8 Å². The Morgan fingerprint density at radius 3 is 2.44 bits per heavy atom. The van der Waals surface area contributed by atoms with Gasteiger partial charge in [0.05, 0.1) is 4.90 Å². The first kappa shape index (κ1) is 19.5. The zero-order valence-corrected chi connectivity index (χ0v) is 16.1. The van der Waals surface area contributed by atoms with Crippen molar-refractivity contribution in [3.05, 3.63) is 54.1 Å². The van der Waals surface area contributed by atoms with E-state index in [0.717, 1.165) is 4.90 Å². The largest absolute Gasteiger partial charge is 0.322 e. The molecule has 0 spiro atoms.